The Morgan fingerprint density at radius 3 is 2.72 bits per heavy atom. The monoisotopic (exact) mass is 257 g/mol. The molecule has 0 aromatic carbocycles. The SMILES string of the molecule is NC(=O)C[C@@H](NC(=O)NCc1ncon1)C(=O)O. The third kappa shape index (κ3) is 4.47. The number of carboxylic acids is 1. The van der Waals surface area contributed by atoms with E-state index in [1.807, 2.05) is 0 Å². The van der Waals surface area contributed by atoms with Crippen molar-refractivity contribution in [3.63, 3.8) is 0 Å². The lowest BCUT2D eigenvalue weighted by molar-refractivity contribution is -0.140. The zero-order valence-corrected chi connectivity index (χ0v) is 9.12. The first kappa shape index (κ1) is 13.4. The quantitative estimate of drug-likeness (QED) is 0.467. The second-order valence-electron chi connectivity index (χ2n) is 3.24. The first-order valence-corrected chi connectivity index (χ1v) is 4.79. The molecule has 3 amide bonds. The van der Waals surface area contributed by atoms with Crippen LogP contribution >= 0.6 is 0 Å². The van der Waals surface area contributed by atoms with Crippen molar-refractivity contribution in [2.75, 3.05) is 0 Å². The number of aliphatic carboxylic acids is 1. The number of carbonyl (C=O) groups excluding carboxylic acids is 2. The summed E-state index contributed by atoms with van der Waals surface area (Å²) >= 11 is 0. The largest absolute Gasteiger partial charge is 0.480 e. The van der Waals surface area contributed by atoms with E-state index in [-0.39, 0.29) is 12.4 Å². The number of nitrogens with zero attached hydrogens (tertiary/aromatic N) is 2. The third-order valence-corrected chi connectivity index (χ3v) is 1.82. The molecule has 10 nitrogen and oxygen atoms in total. The first-order valence-electron chi connectivity index (χ1n) is 4.79. The molecular formula is C8H11N5O5. The molecule has 0 radical (unpaired) electrons. The Balaban J connectivity index is 2.41. The van der Waals surface area contributed by atoms with Gasteiger partial charge in [-0.15, -0.1) is 0 Å². The van der Waals surface area contributed by atoms with E-state index in [2.05, 4.69) is 25.3 Å². The Morgan fingerprint density at radius 2 is 2.22 bits per heavy atom. The van der Waals surface area contributed by atoms with E-state index in [4.69, 9.17) is 10.8 Å². The van der Waals surface area contributed by atoms with Gasteiger partial charge in [-0.3, -0.25) is 4.79 Å². The molecule has 0 unspecified atom stereocenters. The zero-order valence-electron chi connectivity index (χ0n) is 9.12. The van der Waals surface area contributed by atoms with Gasteiger partial charge in [0.05, 0.1) is 13.0 Å². The molecular weight excluding hydrogens is 246 g/mol. The van der Waals surface area contributed by atoms with E-state index >= 15 is 0 Å². The lowest BCUT2D eigenvalue weighted by atomic mass is 10.2. The number of rotatable bonds is 6. The summed E-state index contributed by atoms with van der Waals surface area (Å²) < 4.78 is 4.43. The summed E-state index contributed by atoms with van der Waals surface area (Å²) in [5.41, 5.74) is 4.85. The molecule has 10 heteroatoms. The van der Waals surface area contributed by atoms with Gasteiger partial charge in [-0.1, -0.05) is 5.16 Å². The van der Waals surface area contributed by atoms with Gasteiger partial charge in [0.1, 0.15) is 6.04 Å². The molecule has 0 aliphatic carbocycles. The maximum Gasteiger partial charge on any atom is 0.326 e. The molecule has 0 saturated carbocycles. The molecule has 0 saturated heterocycles. The fraction of sp³-hybridized carbons (Fsp3) is 0.375. The predicted octanol–water partition coefficient (Wildman–Crippen LogP) is -1.80. The highest BCUT2D eigenvalue weighted by molar-refractivity contribution is 5.87. The minimum atomic E-state index is -1.38. The van der Waals surface area contributed by atoms with Gasteiger partial charge in [0.25, 0.3) is 0 Å². The van der Waals surface area contributed by atoms with Crippen molar-refractivity contribution < 1.29 is 24.0 Å². The molecule has 5 N–H and O–H groups in total. The van der Waals surface area contributed by atoms with Crippen LogP contribution in [0.3, 0.4) is 0 Å². The van der Waals surface area contributed by atoms with Gasteiger partial charge >= 0.3 is 12.0 Å². The smallest absolute Gasteiger partial charge is 0.326 e. The molecule has 18 heavy (non-hydrogen) atoms. The Kier molecular flexibility index (Phi) is 4.60. The Morgan fingerprint density at radius 1 is 1.50 bits per heavy atom. The van der Waals surface area contributed by atoms with Gasteiger partial charge in [-0.2, -0.15) is 4.98 Å². The second kappa shape index (κ2) is 6.18. The van der Waals surface area contributed by atoms with Crippen molar-refractivity contribution in [2.24, 2.45) is 5.73 Å². The van der Waals surface area contributed by atoms with E-state index in [0.29, 0.717) is 0 Å². The van der Waals surface area contributed by atoms with Gasteiger partial charge < -0.3 is 26.0 Å². The van der Waals surface area contributed by atoms with Crippen molar-refractivity contribution in [1.29, 1.82) is 0 Å². The third-order valence-electron chi connectivity index (χ3n) is 1.82. The molecule has 0 bridgehead atoms. The van der Waals surface area contributed by atoms with Crippen molar-refractivity contribution in [2.45, 2.75) is 19.0 Å². The summed E-state index contributed by atoms with van der Waals surface area (Å²) in [6.07, 6.45) is 0.590. The number of urea groups is 1. The number of carbonyl (C=O) groups is 3. The molecule has 1 aromatic heterocycles. The number of primary amides is 1. The lowest BCUT2D eigenvalue weighted by Crippen LogP contribution is -2.47. The number of carboxylic acid groups (broad SMARTS) is 1. The van der Waals surface area contributed by atoms with Crippen LogP contribution in [0.2, 0.25) is 0 Å². The van der Waals surface area contributed by atoms with Crippen LogP contribution in [-0.4, -0.2) is 39.2 Å². The Labute approximate surface area is 101 Å². The summed E-state index contributed by atoms with van der Waals surface area (Å²) in [6.45, 7) is -0.0365. The van der Waals surface area contributed by atoms with Gasteiger partial charge in [-0.25, -0.2) is 9.59 Å². The number of amides is 3. The second-order valence-corrected chi connectivity index (χ2v) is 3.24. The molecule has 1 aromatic rings. The molecule has 0 fully saturated rings. The fourth-order valence-electron chi connectivity index (χ4n) is 1.04. The van der Waals surface area contributed by atoms with Crippen molar-refractivity contribution in [1.82, 2.24) is 20.8 Å². The van der Waals surface area contributed by atoms with E-state index < -0.39 is 30.4 Å². The van der Waals surface area contributed by atoms with Crippen LogP contribution in [0.1, 0.15) is 12.2 Å². The highest BCUT2D eigenvalue weighted by atomic mass is 16.5. The highest BCUT2D eigenvalue weighted by Crippen LogP contribution is 1.92. The standard InChI is InChI=1S/C8H11N5O5/c9-5(14)1-4(7(15)16)12-8(17)10-2-6-11-3-18-13-6/h3-4H,1-2H2,(H2,9,14)(H,15,16)(H2,10,12,17)/t4-/m1/s1. The van der Waals surface area contributed by atoms with Gasteiger partial charge in [-0.05, 0) is 0 Å². The Bertz CT molecular complexity index is 431. The van der Waals surface area contributed by atoms with E-state index in [9.17, 15) is 14.4 Å². The maximum atomic E-state index is 11.3. The van der Waals surface area contributed by atoms with Crippen LogP contribution in [-0.2, 0) is 16.1 Å². The van der Waals surface area contributed by atoms with Crippen LogP contribution in [0, 0.1) is 0 Å². The van der Waals surface area contributed by atoms with Crippen molar-refractivity contribution in [3.05, 3.63) is 12.2 Å². The number of hydrogen-bond acceptors (Lipinski definition) is 6. The normalized spacial score (nSPS) is 11.6. The molecule has 1 heterocycles. The minimum Gasteiger partial charge on any atom is -0.480 e. The molecule has 0 aliphatic rings. The van der Waals surface area contributed by atoms with Crippen molar-refractivity contribution in [3.8, 4) is 0 Å². The highest BCUT2D eigenvalue weighted by Gasteiger charge is 2.21. The number of hydrogen-bond donors (Lipinski definition) is 4. The van der Waals surface area contributed by atoms with E-state index in [0.717, 1.165) is 6.39 Å². The number of nitrogens with two attached hydrogens (primary N) is 1. The minimum absolute atomic E-state index is 0.0365. The lowest BCUT2D eigenvalue weighted by Gasteiger charge is -2.12. The summed E-state index contributed by atoms with van der Waals surface area (Å²) in [7, 11) is 0. The molecule has 1 rings (SSSR count). The Hall–Kier alpha value is -2.65. The summed E-state index contributed by atoms with van der Waals surface area (Å²) in [6, 6.07) is -2.17. The molecule has 98 valence electrons. The number of aromatic nitrogens is 2. The van der Waals surface area contributed by atoms with E-state index in [1.165, 1.54) is 0 Å². The zero-order chi connectivity index (χ0) is 13.5. The molecule has 0 spiro atoms. The van der Waals surface area contributed by atoms with Gasteiger partial charge in [0.2, 0.25) is 12.3 Å². The number of nitrogens with one attached hydrogen (secondary N) is 2. The topological polar surface area (TPSA) is 160 Å². The van der Waals surface area contributed by atoms with Crippen LogP contribution in [0.25, 0.3) is 0 Å². The van der Waals surface area contributed by atoms with Crippen LogP contribution in [0.15, 0.2) is 10.9 Å². The molecule has 0 aliphatic heterocycles. The average Bonchev–Trinajstić information content (AvgIpc) is 2.77. The summed E-state index contributed by atoms with van der Waals surface area (Å²) in [5, 5.41) is 16.5. The van der Waals surface area contributed by atoms with Crippen LogP contribution in [0.5, 0.6) is 0 Å². The maximum absolute atomic E-state index is 11.3. The van der Waals surface area contributed by atoms with Crippen LogP contribution < -0.4 is 16.4 Å². The predicted molar refractivity (Wildman–Crippen MR) is 54.9 cm³/mol. The summed E-state index contributed by atoms with van der Waals surface area (Å²) in [5.74, 6) is -1.96. The summed E-state index contributed by atoms with van der Waals surface area (Å²) in [4.78, 5) is 36.3. The van der Waals surface area contributed by atoms with Crippen LogP contribution in [0.4, 0.5) is 4.79 Å². The van der Waals surface area contributed by atoms with Gasteiger partial charge in [0.15, 0.2) is 5.82 Å². The first-order chi connectivity index (χ1) is 8.49. The van der Waals surface area contributed by atoms with E-state index in [1.54, 1.807) is 0 Å². The van der Waals surface area contributed by atoms with Gasteiger partial charge in [0, 0.05) is 0 Å². The van der Waals surface area contributed by atoms with Crippen molar-refractivity contribution >= 4 is 17.9 Å². The average molecular weight is 257 g/mol. The fourth-order valence-corrected chi connectivity index (χ4v) is 1.04. The molecule has 1 atom stereocenters.